The minimum atomic E-state index is -0.451. The standard InChI is InChI=1S/C27H28N2O2S/c1-2-18-9-7-10-19(17-18)28-26(30)24-21-13-5-6-14-22(21)27(31)29(20-11-3-4-12-20)25(24)23-15-8-16-32-23/h5-10,13-17,20,24-25H,2-4,11-12H2,1H3,(H,28,30)/t24-,25-/m1/s1. The Balaban J connectivity index is 1.60. The molecule has 0 radical (unpaired) electrons. The van der Waals surface area contributed by atoms with Gasteiger partial charge in [0.25, 0.3) is 5.91 Å². The van der Waals surface area contributed by atoms with Crippen molar-refractivity contribution in [1.82, 2.24) is 4.90 Å². The Kier molecular flexibility index (Phi) is 5.83. The molecule has 164 valence electrons. The number of fused-ring (bicyclic) bond motifs is 1. The van der Waals surface area contributed by atoms with E-state index < -0.39 is 5.92 Å². The highest BCUT2D eigenvalue weighted by molar-refractivity contribution is 7.10. The summed E-state index contributed by atoms with van der Waals surface area (Å²) in [7, 11) is 0. The lowest BCUT2D eigenvalue weighted by Crippen LogP contribution is -2.49. The van der Waals surface area contributed by atoms with Crippen molar-refractivity contribution in [3.8, 4) is 0 Å². The minimum absolute atomic E-state index is 0.0559. The summed E-state index contributed by atoms with van der Waals surface area (Å²) < 4.78 is 0. The van der Waals surface area contributed by atoms with Crippen LogP contribution >= 0.6 is 11.3 Å². The molecule has 0 bridgehead atoms. The Bertz CT molecular complexity index is 1120. The zero-order valence-corrected chi connectivity index (χ0v) is 19.1. The SMILES string of the molecule is CCc1cccc(NC(=O)[C@@H]2c3ccccc3C(=O)N(C3CCCC3)[C@@H]2c2cccs2)c1. The van der Waals surface area contributed by atoms with E-state index in [1.165, 1.54) is 5.56 Å². The number of hydrogen-bond donors (Lipinski definition) is 1. The van der Waals surface area contributed by atoms with Crippen LogP contribution in [0.3, 0.4) is 0 Å². The van der Waals surface area contributed by atoms with E-state index in [0.29, 0.717) is 5.56 Å². The fourth-order valence-corrected chi connectivity index (χ4v) is 6.13. The summed E-state index contributed by atoms with van der Waals surface area (Å²) in [6, 6.07) is 19.7. The van der Waals surface area contributed by atoms with E-state index in [-0.39, 0.29) is 23.9 Å². The first-order valence-corrected chi connectivity index (χ1v) is 12.4. The highest BCUT2D eigenvalue weighted by Gasteiger charge is 2.47. The molecule has 1 aliphatic carbocycles. The van der Waals surface area contributed by atoms with E-state index in [1.807, 2.05) is 58.8 Å². The van der Waals surface area contributed by atoms with E-state index in [2.05, 4.69) is 24.4 Å². The van der Waals surface area contributed by atoms with Crippen molar-refractivity contribution in [1.29, 1.82) is 0 Å². The Morgan fingerprint density at radius 2 is 1.88 bits per heavy atom. The van der Waals surface area contributed by atoms with Crippen LogP contribution in [0.15, 0.2) is 66.0 Å². The van der Waals surface area contributed by atoms with Crippen LogP contribution in [0.5, 0.6) is 0 Å². The molecule has 32 heavy (non-hydrogen) atoms. The van der Waals surface area contributed by atoms with E-state index in [1.54, 1.807) is 11.3 Å². The summed E-state index contributed by atoms with van der Waals surface area (Å²) >= 11 is 1.63. The van der Waals surface area contributed by atoms with Crippen LogP contribution in [0.1, 0.15) is 70.9 Å². The molecular weight excluding hydrogens is 416 g/mol. The zero-order chi connectivity index (χ0) is 22.1. The van der Waals surface area contributed by atoms with Gasteiger partial charge in [-0.2, -0.15) is 0 Å². The van der Waals surface area contributed by atoms with Gasteiger partial charge in [0, 0.05) is 22.2 Å². The number of thiophene rings is 1. The van der Waals surface area contributed by atoms with Crippen LogP contribution < -0.4 is 5.32 Å². The van der Waals surface area contributed by atoms with Gasteiger partial charge in [-0.1, -0.05) is 56.2 Å². The molecule has 1 aliphatic heterocycles. The number of nitrogens with zero attached hydrogens (tertiary/aromatic N) is 1. The molecule has 1 N–H and O–H groups in total. The number of amides is 2. The summed E-state index contributed by atoms with van der Waals surface area (Å²) in [6.07, 6.45) is 5.19. The third-order valence-electron chi connectivity index (χ3n) is 6.81. The number of nitrogens with one attached hydrogen (secondary N) is 1. The number of hydrogen-bond acceptors (Lipinski definition) is 3. The van der Waals surface area contributed by atoms with E-state index in [4.69, 9.17) is 0 Å². The average molecular weight is 445 g/mol. The molecule has 1 saturated carbocycles. The van der Waals surface area contributed by atoms with Gasteiger partial charge in [0.2, 0.25) is 5.91 Å². The zero-order valence-electron chi connectivity index (χ0n) is 18.3. The highest BCUT2D eigenvalue weighted by Crippen LogP contribution is 2.47. The molecule has 0 saturated heterocycles. The Hall–Kier alpha value is -2.92. The first-order valence-electron chi connectivity index (χ1n) is 11.5. The van der Waals surface area contributed by atoms with Gasteiger partial charge in [0.05, 0.1) is 12.0 Å². The number of aryl methyl sites for hydroxylation is 1. The molecule has 3 aromatic rings. The van der Waals surface area contributed by atoms with Crippen molar-refractivity contribution in [3.63, 3.8) is 0 Å². The van der Waals surface area contributed by atoms with Gasteiger partial charge < -0.3 is 10.2 Å². The maximum absolute atomic E-state index is 13.9. The molecule has 0 spiro atoms. The van der Waals surface area contributed by atoms with Crippen molar-refractivity contribution < 1.29 is 9.59 Å². The van der Waals surface area contributed by atoms with Crippen molar-refractivity contribution in [2.24, 2.45) is 0 Å². The molecule has 1 fully saturated rings. The number of carbonyl (C=O) groups excluding carboxylic acids is 2. The second-order valence-corrected chi connectivity index (χ2v) is 9.70. The highest BCUT2D eigenvalue weighted by atomic mass is 32.1. The van der Waals surface area contributed by atoms with Gasteiger partial charge in [-0.15, -0.1) is 11.3 Å². The van der Waals surface area contributed by atoms with Crippen molar-refractivity contribution >= 4 is 28.8 Å². The summed E-state index contributed by atoms with van der Waals surface area (Å²) in [5.41, 5.74) is 3.48. The van der Waals surface area contributed by atoms with Crippen molar-refractivity contribution in [2.45, 2.75) is 57.0 Å². The summed E-state index contributed by atoms with van der Waals surface area (Å²) in [5, 5.41) is 5.21. The lowest BCUT2D eigenvalue weighted by Gasteiger charge is -2.44. The predicted molar refractivity (Wildman–Crippen MR) is 129 cm³/mol. The fraction of sp³-hybridized carbons (Fsp3) is 0.333. The molecule has 2 aromatic carbocycles. The van der Waals surface area contributed by atoms with Crippen LogP contribution in [0, 0.1) is 0 Å². The molecule has 2 heterocycles. The maximum Gasteiger partial charge on any atom is 0.254 e. The summed E-state index contributed by atoms with van der Waals surface area (Å²) in [6.45, 7) is 2.11. The first kappa shape index (κ1) is 21.0. The van der Waals surface area contributed by atoms with Gasteiger partial charge in [-0.05, 0) is 60.0 Å². The van der Waals surface area contributed by atoms with Gasteiger partial charge in [0.1, 0.15) is 0 Å². The smallest absolute Gasteiger partial charge is 0.254 e. The lowest BCUT2D eigenvalue weighted by atomic mass is 9.80. The van der Waals surface area contributed by atoms with Crippen LogP contribution in [0.25, 0.3) is 0 Å². The molecule has 2 atom stereocenters. The lowest BCUT2D eigenvalue weighted by molar-refractivity contribution is -0.119. The predicted octanol–water partition coefficient (Wildman–Crippen LogP) is 6.17. The van der Waals surface area contributed by atoms with E-state index in [9.17, 15) is 9.59 Å². The Labute approximate surface area is 193 Å². The number of anilines is 1. The largest absolute Gasteiger partial charge is 0.327 e. The second-order valence-electron chi connectivity index (χ2n) is 8.72. The summed E-state index contributed by atoms with van der Waals surface area (Å²) in [5.74, 6) is -0.448. The molecule has 5 heteroatoms. The second kappa shape index (κ2) is 8.91. The topological polar surface area (TPSA) is 49.4 Å². The average Bonchev–Trinajstić information content (AvgIpc) is 3.53. The van der Waals surface area contributed by atoms with Gasteiger partial charge >= 0.3 is 0 Å². The molecule has 5 rings (SSSR count). The van der Waals surface area contributed by atoms with Gasteiger partial charge in [0.15, 0.2) is 0 Å². The van der Waals surface area contributed by atoms with Crippen LogP contribution in [-0.2, 0) is 11.2 Å². The normalized spacial score (nSPS) is 20.9. The van der Waals surface area contributed by atoms with Crippen molar-refractivity contribution in [3.05, 3.63) is 87.6 Å². The first-order chi connectivity index (χ1) is 15.7. The van der Waals surface area contributed by atoms with Crippen LogP contribution in [0.2, 0.25) is 0 Å². The molecule has 0 unspecified atom stereocenters. The van der Waals surface area contributed by atoms with E-state index >= 15 is 0 Å². The van der Waals surface area contributed by atoms with Crippen LogP contribution in [-0.4, -0.2) is 22.8 Å². The number of carbonyl (C=O) groups is 2. The van der Waals surface area contributed by atoms with Crippen molar-refractivity contribution in [2.75, 3.05) is 5.32 Å². The number of benzene rings is 2. The molecule has 2 amide bonds. The molecule has 1 aromatic heterocycles. The molecule has 2 aliphatic rings. The quantitative estimate of drug-likeness (QED) is 0.511. The minimum Gasteiger partial charge on any atom is -0.327 e. The summed E-state index contributed by atoms with van der Waals surface area (Å²) in [4.78, 5) is 30.7. The van der Waals surface area contributed by atoms with E-state index in [0.717, 1.165) is 48.2 Å². The Morgan fingerprint density at radius 3 is 2.62 bits per heavy atom. The van der Waals surface area contributed by atoms with Crippen LogP contribution in [0.4, 0.5) is 5.69 Å². The molecule has 4 nitrogen and oxygen atoms in total. The van der Waals surface area contributed by atoms with Gasteiger partial charge in [-0.25, -0.2) is 0 Å². The third-order valence-corrected chi connectivity index (χ3v) is 7.76. The Morgan fingerprint density at radius 1 is 1.06 bits per heavy atom. The van der Waals surface area contributed by atoms with Gasteiger partial charge in [-0.3, -0.25) is 9.59 Å². The number of rotatable bonds is 5. The maximum atomic E-state index is 13.9. The monoisotopic (exact) mass is 444 g/mol. The fourth-order valence-electron chi connectivity index (χ4n) is 5.27. The molecular formula is C27H28N2O2S. The third kappa shape index (κ3) is 3.75.